The van der Waals surface area contributed by atoms with Gasteiger partial charge in [-0.3, -0.25) is 4.79 Å². The van der Waals surface area contributed by atoms with Crippen molar-refractivity contribution in [1.82, 2.24) is 9.88 Å². The van der Waals surface area contributed by atoms with Crippen LogP contribution in [0, 0.1) is 0 Å². The van der Waals surface area contributed by atoms with Crippen LogP contribution < -0.4 is 0 Å². The molecule has 3 aromatic rings. The molecule has 0 spiro atoms. The van der Waals surface area contributed by atoms with Crippen molar-refractivity contribution in [2.24, 2.45) is 0 Å². The smallest absolute Gasteiger partial charge is 0.335 e. The van der Waals surface area contributed by atoms with Crippen molar-refractivity contribution in [3.05, 3.63) is 70.9 Å². The lowest BCUT2D eigenvalue weighted by atomic mass is 10.0. The maximum Gasteiger partial charge on any atom is 0.335 e. The van der Waals surface area contributed by atoms with Crippen LogP contribution in [0.15, 0.2) is 48.5 Å². The highest BCUT2D eigenvalue weighted by Crippen LogP contribution is 2.29. The lowest BCUT2D eigenvalue weighted by Crippen LogP contribution is -2.36. The minimum absolute atomic E-state index is 0.0978. The average Bonchev–Trinajstić information content (AvgIpc) is 2.99. The molecule has 0 saturated heterocycles. The highest BCUT2D eigenvalue weighted by Gasteiger charge is 2.24. The van der Waals surface area contributed by atoms with Crippen molar-refractivity contribution in [2.45, 2.75) is 19.4 Å². The van der Waals surface area contributed by atoms with Gasteiger partial charge in [0.05, 0.1) is 12.0 Å². The van der Waals surface area contributed by atoms with Crippen LogP contribution in [-0.2, 0) is 24.2 Å². The summed E-state index contributed by atoms with van der Waals surface area (Å²) in [4.78, 5) is 29.1. The van der Waals surface area contributed by atoms with Crippen LogP contribution in [-0.4, -0.2) is 33.4 Å². The van der Waals surface area contributed by atoms with Crippen LogP contribution in [0.2, 0.25) is 0 Å². The molecule has 0 bridgehead atoms. The first-order valence-electron chi connectivity index (χ1n) is 8.30. The topological polar surface area (TPSA) is 73.4 Å². The standard InChI is InChI=1S/C20H18N2O3/c23-19(10-13-4-2-1-3-5-13)22-9-8-18-16(12-22)15-11-14(20(24)25)6-7-17(15)21-18/h1-7,11,21H,8-10,12H2,(H,24,25). The number of aromatic carboxylic acids is 1. The molecule has 1 amide bonds. The number of rotatable bonds is 3. The molecule has 0 aliphatic carbocycles. The van der Waals surface area contributed by atoms with E-state index in [-0.39, 0.29) is 11.5 Å². The van der Waals surface area contributed by atoms with E-state index in [1.807, 2.05) is 35.2 Å². The number of amides is 1. The van der Waals surface area contributed by atoms with Gasteiger partial charge in [0.25, 0.3) is 0 Å². The predicted octanol–water partition coefficient (Wildman–Crippen LogP) is 2.99. The zero-order valence-corrected chi connectivity index (χ0v) is 13.7. The molecule has 1 aliphatic heterocycles. The van der Waals surface area contributed by atoms with E-state index in [9.17, 15) is 14.7 Å². The number of carboxylic acid groups (broad SMARTS) is 1. The van der Waals surface area contributed by atoms with Gasteiger partial charge in [-0.1, -0.05) is 30.3 Å². The van der Waals surface area contributed by atoms with Gasteiger partial charge >= 0.3 is 5.97 Å². The molecule has 0 radical (unpaired) electrons. The summed E-state index contributed by atoms with van der Waals surface area (Å²) in [5, 5.41) is 10.1. The third-order valence-electron chi connectivity index (χ3n) is 4.77. The largest absolute Gasteiger partial charge is 0.478 e. The number of H-pyrrole nitrogens is 1. The number of carbonyl (C=O) groups excluding carboxylic acids is 1. The maximum absolute atomic E-state index is 12.6. The number of aromatic nitrogens is 1. The first-order valence-corrected chi connectivity index (χ1v) is 8.30. The Morgan fingerprint density at radius 1 is 1.12 bits per heavy atom. The van der Waals surface area contributed by atoms with Gasteiger partial charge in [-0.25, -0.2) is 4.79 Å². The Hall–Kier alpha value is -3.08. The maximum atomic E-state index is 12.6. The second-order valence-electron chi connectivity index (χ2n) is 6.38. The number of nitrogens with one attached hydrogen (secondary N) is 1. The molecule has 0 unspecified atom stereocenters. The molecule has 1 aromatic heterocycles. The number of hydrogen-bond acceptors (Lipinski definition) is 2. The summed E-state index contributed by atoms with van der Waals surface area (Å²) in [5.41, 5.74) is 4.33. The van der Waals surface area contributed by atoms with Crippen LogP contribution in [0.3, 0.4) is 0 Å². The van der Waals surface area contributed by atoms with E-state index >= 15 is 0 Å². The zero-order chi connectivity index (χ0) is 17.4. The van der Waals surface area contributed by atoms with E-state index in [1.165, 1.54) is 0 Å². The normalized spacial score (nSPS) is 13.7. The van der Waals surface area contributed by atoms with Crippen molar-refractivity contribution in [2.75, 3.05) is 6.54 Å². The van der Waals surface area contributed by atoms with E-state index in [2.05, 4.69) is 4.98 Å². The quantitative estimate of drug-likeness (QED) is 0.773. The first-order chi connectivity index (χ1) is 12.1. The SMILES string of the molecule is O=C(O)c1ccc2[nH]c3c(c2c1)CN(C(=O)Cc1ccccc1)CC3. The Balaban J connectivity index is 1.61. The minimum Gasteiger partial charge on any atom is -0.478 e. The van der Waals surface area contributed by atoms with E-state index in [0.717, 1.165) is 34.1 Å². The summed E-state index contributed by atoms with van der Waals surface area (Å²) < 4.78 is 0. The monoisotopic (exact) mass is 334 g/mol. The van der Waals surface area contributed by atoms with Gasteiger partial charge in [0.1, 0.15) is 0 Å². The molecule has 5 heteroatoms. The van der Waals surface area contributed by atoms with Gasteiger partial charge in [0.15, 0.2) is 0 Å². The molecular formula is C20H18N2O3. The second kappa shape index (κ2) is 6.09. The van der Waals surface area contributed by atoms with Crippen LogP contribution >= 0.6 is 0 Å². The molecule has 4 rings (SSSR count). The molecule has 0 saturated carbocycles. The van der Waals surface area contributed by atoms with Crippen molar-refractivity contribution in [3.63, 3.8) is 0 Å². The molecule has 0 fully saturated rings. The van der Waals surface area contributed by atoms with Crippen molar-refractivity contribution in [1.29, 1.82) is 0 Å². The number of aromatic amines is 1. The van der Waals surface area contributed by atoms with E-state index in [0.29, 0.717) is 19.5 Å². The Labute approximate surface area is 144 Å². The molecular weight excluding hydrogens is 316 g/mol. The van der Waals surface area contributed by atoms with Crippen LogP contribution in [0.1, 0.15) is 27.2 Å². The summed E-state index contributed by atoms with van der Waals surface area (Å²) in [5.74, 6) is -0.842. The highest BCUT2D eigenvalue weighted by molar-refractivity contribution is 5.95. The molecule has 1 aliphatic rings. The van der Waals surface area contributed by atoms with Crippen molar-refractivity contribution in [3.8, 4) is 0 Å². The lowest BCUT2D eigenvalue weighted by molar-refractivity contribution is -0.131. The van der Waals surface area contributed by atoms with E-state index in [1.54, 1.807) is 18.2 Å². The van der Waals surface area contributed by atoms with Gasteiger partial charge in [0, 0.05) is 41.7 Å². The van der Waals surface area contributed by atoms with Crippen molar-refractivity contribution < 1.29 is 14.7 Å². The molecule has 2 heterocycles. The zero-order valence-electron chi connectivity index (χ0n) is 13.7. The average molecular weight is 334 g/mol. The molecule has 126 valence electrons. The number of carbonyl (C=O) groups is 2. The van der Waals surface area contributed by atoms with Crippen molar-refractivity contribution >= 4 is 22.8 Å². The van der Waals surface area contributed by atoms with Gasteiger partial charge in [-0.2, -0.15) is 0 Å². The molecule has 2 N–H and O–H groups in total. The predicted molar refractivity (Wildman–Crippen MR) is 94.5 cm³/mol. The third-order valence-corrected chi connectivity index (χ3v) is 4.77. The van der Waals surface area contributed by atoms with E-state index in [4.69, 9.17) is 0 Å². The number of carboxylic acids is 1. The first kappa shape index (κ1) is 15.4. The Bertz CT molecular complexity index is 960. The summed E-state index contributed by atoms with van der Waals surface area (Å²) in [7, 11) is 0. The number of hydrogen-bond donors (Lipinski definition) is 2. The minimum atomic E-state index is -0.940. The van der Waals surface area contributed by atoms with Crippen LogP contribution in [0.4, 0.5) is 0 Å². The van der Waals surface area contributed by atoms with E-state index < -0.39 is 5.97 Å². The summed E-state index contributed by atoms with van der Waals surface area (Å²) in [6.45, 7) is 1.20. The Morgan fingerprint density at radius 3 is 2.68 bits per heavy atom. The Morgan fingerprint density at radius 2 is 1.92 bits per heavy atom. The van der Waals surface area contributed by atoms with Gasteiger partial charge in [-0.15, -0.1) is 0 Å². The third kappa shape index (κ3) is 2.89. The summed E-state index contributed by atoms with van der Waals surface area (Å²) in [6.07, 6.45) is 1.14. The molecule has 5 nitrogen and oxygen atoms in total. The highest BCUT2D eigenvalue weighted by atomic mass is 16.4. The fourth-order valence-corrected chi connectivity index (χ4v) is 3.44. The van der Waals surface area contributed by atoms with Gasteiger partial charge in [-0.05, 0) is 23.8 Å². The van der Waals surface area contributed by atoms with Gasteiger partial charge in [0.2, 0.25) is 5.91 Å². The number of nitrogens with zero attached hydrogens (tertiary/aromatic N) is 1. The summed E-state index contributed by atoms with van der Waals surface area (Å²) in [6, 6.07) is 14.8. The molecule has 2 aromatic carbocycles. The molecule has 25 heavy (non-hydrogen) atoms. The lowest BCUT2D eigenvalue weighted by Gasteiger charge is -2.27. The number of benzene rings is 2. The molecule has 0 atom stereocenters. The fraction of sp³-hybridized carbons (Fsp3) is 0.200. The summed E-state index contributed by atoms with van der Waals surface area (Å²) >= 11 is 0. The fourth-order valence-electron chi connectivity index (χ4n) is 3.44. The second-order valence-corrected chi connectivity index (χ2v) is 6.38. The number of fused-ring (bicyclic) bond motifs is 3. The Kier molecular flexibility index (Phi) is 3.76. The van der Waals surface area contributed by atoms with Crippen LogP contribution in [0.25, 0.3) is 10.9 Å². The van der Waals surface area contributed by atoms with Crippen LogP contribution in [0.5, 0.6) is 0 Å². The van der Waals surface area contributed by atoms with Gasteiger partial charge < -0.3 is 15.0 Å².